The van der Waals surface area contributed by atoms with Gasteiger partial charge in [-0.05, 0) is 55.7 Å². The van der Waals surface area contributed by atoms with E-state index in [4.69, 9.17) is 11.6 Å². The molecular formula is C29H31ClF3N3O4S. The van der Waals surface area contributed by atoms with E-state index in [0.717, 1.165) is 17.7 Å². The molecule has 0 aliphatic rings. The number of amides is 2. The summed E-state index contributed by atoms with van der Waals surface area (Å²) in [7, 11) is -4.56. The van der Waals surface area contributed by atoms with E-state index in [-0.39, 0.29) is 16.5 Å². The van der Waals surface area contributed by atoms with Crippen LogP contribution in [0, 0.1) is 0 Å². The second-order valence-electron chi connectivity index (χ2n) is 9.28. The van der Waals surface area contributed by atoms with Crippen LogP contribution < -0.4 is 9.62 Å². The number of nitrogens with zero attached hydrogens (tertiary/aromatic N) is 2. The van der Waals surface area contributed by atoms with Gasteiger partial charge in [-0.2, -0.15) is 13.2 Å². The maximum atomic E-state index is 13.8. The van der Waals surface area contributed by atoms with E-state index >= 15 is 0 Å². The van der Waals surface area contributed by atoms with Crippen LogP contribution in [-0.2, 0) is 32.2 Å². The molecule has 3 rings (SSSR count). The quantitative estimate of drug-likeness (QED) is 0.292. The van der Waals surface area contributed by atoms with Crippen molar-refractivity contribution < 1.29 is 31.2 Å². The summed E-state index contributed by atoms with van der Waals surface area (Å²) in [5, 5.41) is 2.43. The van der Waals surface area contributed by atoms with Crippen molar-refractivity contribution in [2.45, 2.75) is 43.8 Å². The summed E-state index contributed by atoms with van der Waals surface area (Å²) in [5.74, 6) is -1.23. The highest BCUT2D eigenvalue weighted by atomic mass is 35.5. The van der Waals surface area contributed by atoms with Gasteiger partial charge >= 0.3 is 6.18 Å². The van der Waals surface area contributed by atoms with Gasteiger partial charge in [-0.25, -0.2) is 8.42 Å². The van der Waals surface area contributed by atoms with Crippen molar-refractivity contribution in [3.8, 4) is 0 Å². The summed E-state index contributed by atoms with van der Waals surface area (Å²) in [6.45, 7) is 2.92. The van der Waals surface area contributed by atoms with Gasteiger partial charge < -0.3 is 10.2 Å². The van der Waals surface area contributed by atoms with Crippen LogP contribution in [0.4, 0.5) is 18.9 Å². The lowest BCUT2D eigenvalue weighted by Gasteiger charge is -2.32. The van der Waals surface area contributed by atoms with Gasteiger partial charge in [0.15, 0.2) is 0 Å². The molecule has 0 spiro atoms. The fourth-order valence-corrected chi connectivity index (χ4v) is 5.79. The molecule has 0 bridgehead atoms. The molecule has 12 heteroatoms. The highest BCUT2D eigenvalue weighted by Gasteiger charge is 2.36. The zero-order valence-corrected chi connectivity index (χ0v) is 24.1. The van der Waals surface area contributed by atoms with Gasteiger partial charge in [0, 0.05) is 13.1 Å². The number of halogens is 4. The predicted molar refractivity (Wildman–Crippen MR) is 152 cm³/mol. The molecule has 0 heterocycles. The first-order valence-electron chi connectivity index (χ1n) is 12.9. The molecule has 0 saturated heterocycles. The number of nitrogens with one attached hydrogen (secondary N) is 1. The first-order chi connectivity index (χ1) is 19.4. The van der Waals surface area contributed by atoms with Crippen LogP contribution in [0.5, 0.6) is 0 Å². The number of carbonyl (C=O) groups excluding carboxylic acids is 2. The summed E-state index contributed by atoms with van der Waals surface area (Å²) in [4.78, 5) is 27.7. The summed E-state index contributed by atoms with van der Waals surface area (Å²) < 4.78 is 68.9. The normalized spacial score (nSPS) is 12.4. The van der Waals surface area contributed by atoms with E-state index in [1.165, 1.54) is 36.1 Å². The zero-order chi connectivity index (χ0) is 30.2. The fourth-order valence-electron chi connectivity index (χ4n) is 4.08. The SMILES string of the molecule is CCCNC(=O)C(C)N(CCc1ccccc1)C(=O)CN(c1cc(C(F)(F)F)ccc1Cl)S(=O)(=O)c1ccccc1. The van der Waals surface area contributed by atoms with Gasteiger partial charge in [0.1, 0.15) is 12.6 Å². The van der Waals surface area contributed by atoms with Crippen molar-refractivity contribution in [2.75, 3.05) is 23.9 Å². The maximum Gasteiger partial charge on any atom is 0.416 e. The average molecular weight is 610 g/mol. The second-order valence-corrected chi connectivity index (χ2v) is 11.5. The Morgan fingerprint density at radius 3 is 2.17 bits per heavy atom. The molecule has 220 valence electrons. The number of hydrogen-bond acceptors (Lipinski definition) is 4. The third-order valence-corrected chi connectivity index (χ3v) is 8.45. The molecule has 3 aromatic rings. The first kappa shape index (κ1) is 32.0. The van der Waals surface area contributed by atoms with E-state index in [0.29, 0.717) is 29.8 Å². The van der Waals surface area contributed by atoms with E-state index in [1.54, 1.807) is 6.07 Å². The Bertz CT molecular complexity index is 1440. The Balaban J connectivity index is 2.06. The number of anilines is 1. The minimum Gasteiger partial charge on any atom is -0.354 e. The molecule has 0 aliphatic heterocycles. The highest BCUT2D eigenvalue weighted by molar-refractivity contribution is 7.92. The van der Waals surface area contributed by atoms with Gasteiger partial charge in [-0.1, -0.05) is 67.1 Å². The predicted octanol–water partition coefficient (Wildman–Crippen LogP) is 5.54. The smallest absolute Gasteiger partial charge is 0.354 e. The first-order valence-corrected chi connectivity index (χ1v) is 14.7. The van der Waals surface area contributed by atoms with Gasteiger partial charge in [-0.15, -0.1) is 0 Å². The molecule has 3 aromatic carbocycles. The molecule has 0 saturated carbocycles. The lowest BCUT2D eigenvalue weighted by atomic mass is 10.1. The van der Waals surface area contributed by atoms with Crippen LogP contribution in [0.15, 0.2) is 83.8 Å². The Hall–Kier alpha value is -3.57. The van der Waals surface area contributed by atoms with Crippen LogP contribution >= 0.6 is 11.6 Å². The largest absolute Gasteiger partial charge is 0.416 e. The Labute approximate surface area is 243 Å². The zero-order valence-electron chi connectivity index (χ0n) is 22.6. The number of carbonyl (C=O) groups is 2. The molecule has 1 atom stereocenters. The highest BCUT2D eigenvalue weighted by Crippen LogP contribution is 2.37. The third kappa shape index (κ3) is 8.23. The monoisotopic (exact) mass is 609 g/mol. The number of alkyl halides is 3. The topological polar surface area (TPSA) is 86.8 Å². The summed E-state index contributed by atoms with van der Waals surface area (Å²) in [6, 6.07) is 17.5. The lowest BCUT2D eigenvalue weighted by molar-refractivity contribution is -0.138. The van der Waals surface area contributed by atoms with Crippen LogP contribution in [0.2, 0.25) is 5.02 Å². The number of rotatable bonds is 12. The molecule has 1 N–H and O–H groups in total. The van der Waals surface area contributed by atoms with Crippen molar-refractivity contribution in [3.63, 3.8) is 0 Å². The van der Waals surface area contributed by atoms with Gasteiger partial charge in [0.2, 0.25) is 11.8 Å². The van der Waals surface area contributed by atoms with Crippen LogP contribution in [-0.4, -0.2) is 50.8 Å². The Morgan fingerprint density at radius 2 is 1.59 bits per heavy atom. The Kier molecular flexibility index (Phi) is 10.8. The molecular weight excluding hydrogens is 579 g/mol. The lowest BCUT2D eigenvalue weighted by Crippen LogP contribution is -2.52. The van der Waals surface area contributed by atoms with Crippen LogP contribution in [0.1, 0.15) is 31.4 Å². The van der Waals surface area contributed by atoms with Crippen LogP contribution in [0.3, 0.4) is 0 Å². The van der Waals surface area contributed by atoms with Crippen LogP contribution in [0.25, 0.3) is 0 Å². The standard InChI is InChI=1S/C29H31ClF3N3O4S/c1-3-17-34-28(38)21(2)35(18-16-22-10-6-4-7-11-22)27(37)20-36(41(39,40)24-12-8-5-9-13-24)26-19-23(29(31,32)33)14-15-25(26)30/h4-15,19,21H,3,16-18,20H2,1-2H3,(H,34,38). The molecule has 0 aliphatic carbocycles. The number of sulfonamides is 1. The Morgan fingerprint density at radius 1 is 0.976 bits per heavy atom. The van der Waals surface area contributed by atoms with Gasteiger partial charge in [0.05, 0.1) is 21.2 Å². The van der Waals surface area contributed by atoms with E-state index in [9.17, 15) is 31.2 Å². The van der Waals surface area contributed by atoms with Crippen molar-refractivity contribution in [2.24, 2.45) is 0 Å². The molecule has 0 fully saturated rings. The maximum absolute atomic E-state index is 13.8. The van der Waals surface area contributed by atoms with Crippen molar-refractivity contribution in [1.29, 1.82) is 0 Å². The molecule has 41 heavy (non-hydrogen) atoms. The van der Waals surface area contributed by atoms with Crippen molar-refractivity contribution in [3.05, 3.63) is 95.0 Å². The average Bonchev–Trinajstić information content (AvgIpc) is 2.95. The molecule has 0 radical (unpaired) electrons. The summed E-state index contributed by atoms with van der Waals surface area (Å²) >= 11 is 6.25. The number of hydrogen-bond donors (Lipinski definition) is 1. The van der Waals surface area contributed by atoms with Gasteiger partial charge in [-0.3, -0.25) is 13.9 Å². The fraction of sp³-hybridized carbons (Fsp3) is 0.310. The second kappa shape index (κ2) is 13.9. The molecule has 0 aromatic heterocycles. The number of benzene rings is 3. The van der Waals surface area contributed by atoms with Crippen molar-refractivity contribution in [1.82, 2.24) is 10.2 Å². The minimum atomic E-state index is -4.79. The van der Waals surface area contributed by atoms with Gasteiger partial charge in [0.25, 0.3) is 10.0 Å². The third-order valence-electron chi connectivity index (χ3n) is 6.35. The van der Waals surface area contributed by atoms with E-state index < -0.39 is 51.9 Å². The minimum absolute atomic E-state index is 0.0547. The molecule has 7 nitrogen and oxygen atoms in total. The summed E-state index contributed by atoms with van der Waals surface area (Å²) in [6.07, 6.45) is -3.78. The van der Waals surface area contributed by atoms with E-state index in [2.05, 4.69) is 5.32 Å². The van der Waals surface area contributed by atoms with Crippen molar-refractivity contribution >= 4 is 39.1 Å². The molecule has 2 amide bonds. The van der Waals surface area contributed by atoms with E-state index in [1.807, 2.05) is 37.3 Å². The molecule has 1 unspecified atom stereocenters. The summed E-state index contributed by atoms with van der Waals surface area (Å²) in [5.41, 5.74) is -0.767.